The minimum absolute atomic E-state index is 0.311. The summed E-state index contributed by atoms with van der Waals surface area (Å²) in [5.41, 5.74) is -1.92. The maximum absolute atomic E-state index is 12.7. The highest BCUT2D eigenvalue weighted by Crippen LogP contribution is 2.34. The molecule has 0 aliphatic carbocycles. The van der Waals surface area contributed by atoms with Gasteiger partial charge in [-0.2, -0.15) is 21.6 Å². The number of carboxylic acid groups (broad SMARTS) is 1. The zero-order valence-electron chi connectivity index (χ0n) is 11.2. The van der Waals surface area contributed by atoms with Gasteiger partial charge in [0.05, 0.1) is 5.56 Å². The lowest BCUT2D eigenvalue weighted by atomic mass is 10.1. The lowest BCUT2D eigenvalue weighted by Crippen LogP contribution is -2.14. The second kappa shape index (κ2) is 5.92. The van der Waals surface area contributed by atoms with Crippen molar-refractivity contribution in [3.8, 4) is 5.75 Å². The third-order valence-corrected chi connectivity index (χ3v) is 4.02. The molecule has 1 N–H and O–H groups in total. The van der Waals surface area contributed by atoms with Crippen LogP contribution in [0.2, 0.25) is 0 Å². The summed E-state index contributed by atoms with van der Waals surface area (Å²) in [4.78, 5) is 10.7. The van der Waals surface area contributed by atoms with E-state index in [1.54, 1.807) is 0 Å². The Hall–Kier alpha value is -2.55. The van der Waals surface area contributed by atoms with Gasteiger partial charge in [-0.3, -0.25) is 0 Å². The SMILES string of the molecule is O=C(O)c1ccc(C(F)(F)F)cc1OS(=O)(=O)c1ccccc1. The Labute approximate surface area is 129 Å². The molecule has 2 rings (SSSR count). The molecule has 0 aromatic heterocycles. The van der Waals surface area contributed by atoms with Crippen LogP contribution in [0.3, 0.4) is 0 Å². The van der Waals surface area contributed by atoms with E-state index in [1.165, 1.54) is 30.3 Å². The predicted octanol–water partition coefficient (Wildman–Crippen LogP) is 3.17. The lowest BCUT2D eigenvalue weighted by Gasteiger charge is -2.12. The number of carboxylic acids is 1. The largest absolute Gasteiger partial charge is 0.478 e. The molecule has 122 valence electrons. The summed E-state index contributed by atoms with van der Waals surface area (Å²) in [6.45, 7) is 0. The molecule has 0 unspecified atom stereocenters. The molecule has 0 heterocycles. The molecule has 0 fully saturated rings. The number of hydrogen-bond acceptors (Lipinski definition) is 4. The van der Waals surface area contributed by atoms with Crippen LogP contribution in [0.15, 0.2) is 53.4 Å². The van der Waals surface area contributed by atoms with Crippen molar-refractivity contribution in [2.75, 3.05) is 0 Å². The summed E-state index contributed by atoms with van der Waals surface area (Å²) < 4.78 is 66.8. The molecular formula is C14H9F3O5S. The first-order valence-corrected chi connectivity index (χ1v) is 7.46. The first-order chi connectivity index (χ1) is 10.6. The van der Waals surface area contributed by atoms with Gasteiger partial charge in [0.15, 0.2) is 5.75 Å². The first kappa shape index (κ1) is 16.8. The van der Waals surface area contributed by atoms with Crippen LogP contribution in [0.1, 0.15) is 15.9 Å². The average Bonchev–Trinajstić information content (AvgIpc) is 2.46. The zero-order valence-corrected chi connectivity index (χ0v) is 12.1. The summed E-state index contributed by atoms with van der Waals surface area (Å²) in [6.07, 6.45) is -4.77. The number of hydrogen-bond donors (Lipinski definition) is 1. The van der Waals surface area contributed by atoms with Crippen LogP contribution in [-0.2, 0) is 16.3 Å². The van der Waals surface area contributed by atoms with Crippen molar-refractivity contribution < 1.29 is 35.7 Å². The molecule has 2 aromatic carbocycles. The summed E-state index contributed by atoms with van der Waals surface area (Å²) in [6, 6.07) is 8.16. The lowest BCUT2D eigenvalue weighted by molar-refractivity contribution is -0.137. The molecular weight excluding hydrogens is 337 g/mol. The third-order valence-electron chi connectivity index (χ3n) is 2.77. The second-order valence-corrected chi connectivity index (χ2v) is 5.91. The van der Waals surface area contributed by atoms with Crippen molar-refractivity contribution in [1.82, 2.24) is 0 Å². The Morgan fingerprint density at radius 1 is 1.04 bits per heavy atom. The van der Waals surface area contributed by atoms with E-state index < -0.39 is 39.1 Å². The van der Waals surface area contributed by atoms with Crippen molar-refractivity contribution in [3.05, 3.63) is 59.7 Å². The van der Waals surface area contributed by atoms with Gasteiger partial charge < -0.3 is 9.29 Å². The van der Waals surface area contributed by atoms with E-state index in [0.29, 0.717) is 18.2 Å². The molecule has 2 aromatic rings. The van der Waals surface area contributed by atoms with Gasteiger partial charge in [0, 0.05) is 0 Å². The molecule has 0 bridgehead atoms. The van der Waals surface area contributed by atoms with Crippen LogP contribution >= 0.6 is 0 Å². The highest BCUT2D eigenvalue weighted by Gasteiger charge is 2.33. The number of rotatable bonds is 4. The fourth-order valence-corrected chi connectivity index (χ4v) is 2.66. The molecule has 0 saturated heterocycles. The fourth-order valence-electron chi connectivity index (χ4n) is 1.70. The minimum atomic E-state index is -4.77. The van der Waals surface area contributed by atoms with Crippen molar-refractivity contribution in [2.45, 2.75) is 11.1 Å². The van der Waals surface area contributed by atoms with Crippen LogP contribution in [0, 0.1) is 0 Å². The zero-order chi connectivity index (χ0) is 17.3. The minimum Gasteiger partial charge on any atom is -0.478 e. The summed E-state index contributed by atoms with van der Waals surface area (Å²) in [7, 11) is -4.46. The Bertz CT molecular complexity index is 829. The molecule has 0 saturated carbocycles. The van der Waals surface area contributed by atoms with Crippen molar-refractivity contribution >= 4 is 16.1 Å². The molecule has 0 atom stereocenters. The van der Waals surface area contributed by atoms with Gasteiger partial charge in [-0.1, -0.05) is 18.2 Å². The Balaban J connectivity index is 2.51. The van der Waals surface area contributed by atoms with Crippen molar-refractivity contribution in [2.24, 2.45) is 0 Å². The number of halogens is 3. The molecule has 0 aliphatic heterocycles. The molecule has 5 nitrogen and oxygen atoms in total. The smallest absolute Gasteiger partial charge is 0.416 e. The Morgan fingerprint density at radius 3 is 2.17 bits per heavy atom. The van der Waals surface area contributed by atoms with E-state index in [4.69, 9.17) is 5.11 Å². The first-order valence-electron chi connectivity index (χ1n) is 6.05. The molecule has 0 aliphatic rings. The van der Waals surface area contributed by atoms with Gasteiger partial charge in [0.25, 0.3) is 0 Å². The number of alkyl halides is 3. The quantitative estimate of drug-likeness (QED) is 0.860. The third kappa shape index (κ3) is 3.81. The molecule has 9 heteroatoms. The summed E-state index contributed by atoms with van der Waals surface area (Å²) in [5, 5.41) is 8.97. The van der Waals surface area contributed by atoms with Crippen molar-refractivity contribution in [3.63, 3.8) is 0 Å². The number of aromatic carboxylic acids is 1. The second-order valence-electron chi connectivity index (χ2n) is 4.36. The normalized spacial score (nSPS) is 12.0. The standard InChI is InChI=1S/C14H9F3O5S/c15-14(16,17)9-6-7-11(13(18)19)12(8-9)22-23(20,21)10-4-2-1-3-5-10/h1-8H,(H,18,19). The maximum atomic E-state index is 12.7. The van der Waals surface area contributed by atoms with Gasteiger partial charge in [-0.25, -0.2) is 4.79 Å². The van der Waals surface area contributed by atoms with E-state index in [0.717, 1.165) is 0 Å². The maximum Gasteiger partial charge on any atom is 0.416 e. The summed E-state index contributed by atoms with van der Waals surface area (Å²) >= 11 is 0. The Morgan fingerprint density at radius 2 is 1.65 bits per heavy atom. The monoisotopic (exact) mass is 346 g/mol. The van der Waals surface area contributed by atoms with E-state index in [9.17, 15) is 26.4 Å². The van der Waals surface area contributed by atoms with E-state index >= 15 is 0 Å². The number of benzene rings is 2. The van der Waals surface area contributed by atoms with Crippen molar-refractivity contribution in [1.29, 1.82) is 0 Å². The van der Waals surface area contributed by atoms with E-state index in [-0.39, 0.29) is 4.90 Å². The van der Waals surface area contributed by atoms with E-state index in [1.807, 2.05) is 0 Å². The molecule has 0 radical (unpaired) electrons. The average molecular weight is 346 g/mol. The Kier molecular flexibility index (Phi) is 4.33. The predicted molar refractivity (Wildman–Crippen MR) is 72.7 cm³/mol. The molecule has 23 heavy (non-hydrogen) atoms. The number of carbonyl (C=O) groups is 1. The van der Waals surface area contributed by atoms with E-state index in [2.05, 4.69) is 4.18 Å². The van der Waals surface area contributed by atoms with Crippen LogP contribution in [0.5, 0.6) is 5.75 Å². The van der Waals surface area contributed by atoms with Gasteiger partial charge in [-0.05, 0) is 30.3 Å². The molecule has 0 amide bonds. The fraction of sp³-hybridized carbons (Fsp3) is 0.0714. The van der Waals surface area contributed by atoms with Crippen LogP contribution < -0.4 is 4.18 Å². The summed E-state index contributed by atoms with van der Waals surface area (Å²) in [5.74, 6) is -2.52. The van der Waals surface area contributed by atoms with Crippen LogP contribution in [0.4, 0.5) is 13.2 Å². The van der Waals surface area contributed by atoms with Gasteiger partial charge in [-0.15, -0.1) is 0 Å². The van der Waals surface area contributed by atoms with Crippen LogP contribution in [-0.4, -0.2) is 19.5 Å². The van der Waals surface area contributed by atoms with Gasteiger partial charge in [0.2, 0.25) is 0 Å². The highest BCUT2D eigenvalue weighted by molar-refractivity contribution is 7.87. The van der Waals surface area contributed by atoms with Gasteiger partial charge >= 0.3 is 22.3 Å². The topological polar surface area (TPSA) is 80.7 Å². The van der Waals surface area contributed by atoms with Crippen LogP contribution in [0.25, 0.3) is 0 Å². The van der Waals surface area contributed by atoms with Gasteiger partial charge in [0.1, 0.15) is 10.5 Å². The molecule has 0 spiro atoms. The highest BCUT2D eigenvalue weighted by atomic mass is 32.2.